The van der Waals surface area contributed by atoms with Crippen molar-refractivity contribution < 1.29 is 13.5 Å². The number of nitrogens with zero attached hydrogens (tertiary/aromatic N) is 1. The molecule has 0 radical (unpaired) electrons. The third kappa shape index (κ3) is 3.26. The molecule has 0 aliphatic carbocycles. The minimum Gasteiger partial charge on any atom is -0.391 e. The van der Waals surface area contributed by atoms with Crippen LogP contribution in [0.4, 0.5) is 0 Å². The Morgan fingerprint density at radius 1 is 1.42 bits per heavy atom. The normalized spacial score (nSPS) is 12.2. The van der Waals surface area contributed by atoms with Crippen LogP contribution in [0.3, 0.4) is 0 Å². The zero-order valence-corrected chi connectivity index (χ0v) is 14.1. The maximum Gasteiger partial charge on any atom is 0.245 e. The molecule has 4 nitrogen and oxygen atoms in total. The van der Waals surface area contributed by atoms with Crippen molar-refractivity contribution in [3.05, 3.63) is 37.1 Å². The van der Waals surface area contributed by atoms with Gasteiger partial charge < -0.3 is 5.11 Å². The van der Waals surface area contributed by atoms with Gasteiger partial charge in [-0.25, -0.2) is 8.42 Å². The minimum atomic E-state index is -3.54. The largest absolute Gasteiger partial charge is 0.391 e. The fourth-order valence-electron chi connectivity index (χ4n) is 1.53. The van der Waals surface area contributed by atoms with Crippen molar-refractivity contribution in [2.45, 2.75) is 18.0 Å². The van der Waals surface area contributed by atoms with Crippen LogP contribution in [0, 0.1) is 0 Å². The molecule has 0 saturated carbocycles. The van der Waals surface area contributed by atoms with Gasteiger partial charge in [0.2, 0.25) is 10.0 Å². The molecular weight excluding hydrogens is 370 g/mol. The van der Waals surface area contributed by atoms with Gasteiger partial charge in [0.25, 0.3) is 0 Å². The maximum atomic E-state index is 12.4. The molecule has 8 heteroatoms. The van der Waals surface area contributed by atoms with Crippen LogP contribution in [0.15, 0.2) is 32.3 Å². The molecule has 0 aliphatic rings. The molecule has 104 valence electrons. The summed E-state index contributed by atoms with van der Waals surface area (Å²) in [4.78, 5) is 1.82. The van der Waals surface area contributed by atoms with E-state index in [1.807, 2.05) is 17.5 Å². The smallest absolute Gasteiger partial charge is 0.245 e. The van der Waals surface area contributed by atoms with E-state index in [4.69, 9.17) is 5.11 Å². The highest BCUT2D eigenvalue weighted by molar-refractivity contribution is 9.11. The van der Waals surface area contributed by atoms with Crippen LogP contribution in [0.5, 0.6) is 0 Å². The highest BCUT2D eigenvalue weighted by Gasteiger charge is 2.25. The van der Waals surface area contributed by atoms with E-state index >= 15 is 0 Å². The highest BCUT2D eigenvalue weighted by Crippen LogP contribution is 2.33. The molecule has 1 N–H and O–H groups in total. The molecule has 2 rings (SSSR count). The number of rotatable bonds is 5. The number of aliphatic hydroxyl groups is 1. The summed E-state index contributed by atoms with van der Waals surface area (Å²) in [6.45, 7) is 0.185. The molecule has 0 amide bonds. The molecule has 2 heterocycles. The molecule has 0 saturated heterocycles. The van der Waals surface area contributed by atoms with Crippen LogP contribution >= 0.6 is 38.6 Å². The van der Waals surface area contributed by atoms with E-state index in [2.05, 4.69) is 15.9 Å². The van der Waals surface area contributed by atoms with Gasteiger partial charge in [-0.2, -0.15) is 4.31 Å². The van der Waals surface area contributed by atoms with E-state index in [1.54, 1.807) is 7.05 Å². The Bertz CT molecular complexity index is 649. The van der Waals surface area contributed by atoms with Gasteiger partial charge >= 0.3 is 0 Å². The maximum absolute atomic E-state index is 12.4. The number of hydrogen-bond acceptors (Lipinski definition) is 5. The SMILES string of the molecule is CN(Cc1cccs1)S(=O)(=O)c1cc(CO)sc1Br. The molecule has 19 heavy (non-hydrogen) atoms. The number of aliphatic hydroxyl groups excluding tert-OH is 1. The van der Waals surface area contributed by atoms with E-state index in [-0.39, 0.29) is 11.5 Å². The summed E-state index contributed by atoms with van der Waals surface area (Å²) < 4.78 is 26.7. The van der Waals surface area contributed by atoms with Crippen LogP contribution in [-0.2, 0) is 23.2 Å². The lowest BCUT2D eigenvalue weighted by molar-refractivity contribution is 0.285. The van der Waals surface area contributed by atoms with Gasteiger partial charge in [0, 0.05) is 23.3 Å². The van der Waals surface area contributed by atoms with E-state index in [0.717, 1.165) is 4.88 Å². The lowest BCUT2D eigenvalue weighted by Crippen LogP contribution is -2.26. The standard InChI is InChI=1S/C11H12BrNO3S3/c1-13(6-8-3-2-4-17-8)19(15,16)10-5-9(7-14)18-11(10)12/h2-5,14H,6-7H2,1H3. The summed E-state index contributed by atoms with van der Waals surface area (Å²) in [6, 6.07) is 5.30. The number of sulfonamides is 1. The summed E-state index contributed by atoms with van der Waals surface area (Å²) in [5.74, 6) is 0. The molecule has 0 atom stereocenters. The summed E-state index contributed by atoms with van der Waals surface area (Å²) in [7, 11) is -1.99. The topological polar surface area (TPSA) is 57.6 Å². The Hall–Kier alpha value is -0.250. The van der Waals surface area contributed by atoms with Crippen molar-refractivity contribution in [1.82, 2.24) is 4.31 Å². The van der Waals surface area contributed by atoms with Crippen molar-refractivity contribution in [1.29, 1.82) is 0 Å². The van der Waals surface area contributed by atoms with Crippen molar-refractivity contribution in [3.8, 4) is 0 Å². The van der Waals surface area contributed by atoms with Gasteiger partial charge in [-0.05, 0) is 33.4 Å². The zero-order chi connectivity index (χ0) is 14.0. The van der Waals surface area contributed by atoms with Crippen molar-refractivity contribution in [3.63, 3.8) is 0 Å². The van der Waals surface area contributed by atoms with Gasteiger partial charge in [0.15, 0.2) is 0 Å². The lowest BCUT2D eigenvalue weighted by Gasteiger charge is -2.15. The quantitative estimate of drug-likeness (QED) is 0.865. The molecule has 0 bridgehead atoms. The number of hydrogen-bond donors (Lipinski definition) is 1. The summed E-state index contributed by atoms with van der Waals surface area (Å²) in [6.07, 6.45) is 0. The minimum absolute atomic E-state index is 0.159. The van der Waals surface area contributed by atoms with Crippen LogP contribution in [0.1, 0.15) is 9.75 Å². The Labute approximate surface area is 128 Å². The molecule has 0 aromatic carbocycles. The Balaban J connectivity index is 2.28. The lowest BCUT2D eigenvalue weighted by atomic mass is 10.5. The first-order valence-electron chi connectivity index (χ1n) is 5.33. The third-order valence-corrected chi connectivity index (χ3v) is 7.41. The van der Waals surface area contributed by atoms with Crippen molar-refractivity contribution >= 4 is 48.6 Å². The second kappa shape index (κ2) is 6.02. The van der Waals surface area contributed by atoms with E-state index in [9.17, 15) is 8.42 Å². The van der Waals surface area contributed by atoms with Crippen LogP contribution in [0.2, 0.25) is 0 Å². The number of thiophene rings is 2. The summed E-state index contributed by atoms with van der Waals surface area (Å²) >= 11 is 6.00. The van der Waals surface area contributed by atoms with Crippen LogP contribution in [0.25, 0.3) is 0 Å². The highest BCUT2D eigenvalue weighted by atomic mass is 79.9. The van der Waals surface area contributed by atoms with Gasteiger partial charge in [-0.15, -0.1) is 22.7 Å². The molecule has 0 fully saturated rings. The number of halogens is 1. The van der Waals surface area contributed by atoms with E-state index in [0.29, 0.717) is 15.2 Å². The van der Waals surface area contributed by atoms with E-state index < -0.39 is 10.0 Å². The first kappa shape index (κ1) is 15.1. The van der Waals surface area contributed by atoms with Crippen molar-refractivity contribution in [2.24, 2.45) is 0 Å². The Kier molecular flexibility index (Phi) is 4.80. The first-order valence-corrected chi connectivity index (χ1v) is 9.26. The fourth-order valence-corrected chi connectivity index (χ4v) is 6.00. The Morgan fingerprint density at radius 2 is 2.16 bits per heavy atom. The Morgan fingerprint density at radius 3 is 2.68 bits per heavy atom. The average Bonchev–Trinajstić information content (AvgIpc) is 2.98. The van der Waals surface area contributed by atoms with Gasteiger partial charge in [0.05, 0.1) is 10.4 Å². The predicted octanol–water partition coefficient (Wildman–Crippen LogP) is 2.89. The summed E-state index contributed by atoms with van der Waals surface area (Å²) in [5, 5.41) is 11.0. The molecular formula is C11H12BrNO3S3. The van der Waals surface area contributed by atoms with Gasteiger partial charge in [0.1, 0.15) is 4.90 Å². The molecule has 0 aliphatic heterocycles. The molecule has 0 spiro atoms. The van der Waals surface area contributed by atoms with Gasteiger partial charge in [-0.1, -0.05) is 6.07 Å². The summed E-state index contributed by atoms with van der Waals surface area (Å²) in [5.41, 5.74) is 0. The van der Waals surface area contributed by atoms with Crippen molar-refractivity contribution in [2.75, 3.05) is 7.05 Å². The average molecular weight is 382 g/mol. The first-order chi connectivity index (χ1) is 8.95. The second-order valence-electron chi connectivity index (χ2n) is 3.85. The van der Waals surface area contributed by atoms with E-state index in [1.165, 1.54) is 33.0 Å². The van der Waals surface area contributed by atoms with Crippen LogP contribution in [-0.4, -0.2) is 24.9 Å². The molecule has 0 unspecified atom stereocenters. The zero-order valence-electron chi connectivity index (χ0n) is 10.0. The molecule has 2 aromatic rings. The monoisotopic (exact) mass is 381 g/mol. The molecule has 2 aromatic heterocycles. The fraction of sp³-hybridized carbons (Fsp3) is 0.273. The van der Waals surface area contributed by atoms with Gasteiger partial charge in [-0.3, -0.25) is 0 Å². The van der Waals surface area contributed by atoms with Crippen LogP contribution < -0.4 is 0 Å². The predicted molar refractivity (Wildman–Crippen MR) is 80.9 cm³/mol. The second-order valence-corrected chi connectivity index (χ2v) is 9.35. The third-order valence-electron chi connectivity index (χ3n) is 2.51.